The van der Waals surface area contributed by atoms with Crippen LogP contribution >= 0.6 is 0 Å². The first kappa shape index (κ1) is 21.8. The Hall–Kier alpha value is -2.45. The third-order valence-corrected chi connectivity index (χ3v) is 4.46. The molecule has 0 amide bonds. The van der Waals surface area contributed by atoms with Gasteiger partial charge in [0, 0.05) is 20.1 Å². The number of carbonyl (C=O) groups is 1. The summed E-state index contributed by atoms with van der Waals surface area (Å²) in [5, 5.41) is 3.09. The molecule has 0 unspecified atom stereocenters. The number of aliphatic imine (C=N–C) groups is 1. The van der Waals surface area contributed by atoms with Crippen LogP contribution in [0.5, 0.6) is 5.75 Å². The predicted octanol–water partition coefficient (Wildman–Crippen LogP) is 2.93. The number of likely N-dealkylation sites (tertiary alicyclic amines) is 1. The van der Waals surface area contributed by atoms with E-state index in [4.69, 9.17) is 9.47 Å². The van der Waals surface area contributed by atoms with Gasteiger partial charge < -0.3 is 19.7 Å². The maximum absolute atomic E-state index is 13.0. The zero-order valence-electron chi connectivity index (χ0n) is 16.1. The number of para-hydroxylation sites is 1. The van der Waals surface area contributed by atoms with Crippen molar-refractivity contribution in [2.24, 2.45) is 10.9 Å². The second-order valence-corrected chi connectivity index (χ2v) is 6.33. The summed E-state index contributed by atoms with van der Waals surface area (Å²) >= 11 is 0. The fourth-order valence-electron chi connectivity index (χ4n) is 3.07. The van der Waals surface area contributed by atoms with Crippen LogP contribution in [0.2, 0.25) is 0 Å². The second kappa shape index (κ2) is 10.2. The van der Waals surface area contributed by atoms with Gasteiger partial charge in [-0.15, -0.1) is 0 Å². The molecule has 1 saturated heterocycles. The van der Waals surface area contributed by atoms with Gasteiger partial charge in [0.1, 0.15) is 12.4 Å². The average molecular weight is 401 g/mol. The Morgan fingerprint density at radius 3 is 2.57 bits per heavy atom. The number of halogens is 3. The minimum atomic E-state index is -4.46. The number of hydrogen-bond donors (Lipinski definition) is 1. The molecule has 1 aromatic carbocycles. The number of piperidine rings is 1. The van der Waals surface area contributed by atoms with Crippen LogP contribution in [0.3, 0.4) is 0 Å². The van der Waals surface area contributed by atoms with Crippen molar-refractivity contribution in [3.8, 4) is 5.75 Å². The molecule has 0 radical (unpaired) electrons. The lowest BCUT2D eigenvalue weighted by Crippen LogP contribution is -2.47. The van der Waals surface area contributed by atoms with Crippen molar-refractivity contribution in [3.63, 3.8) is 0 Å². The van der Waals surface area contributed by atoms with Crippen LogP contribution in [0, 0.1) is 5.92 Å². The standard InChI is InChI=1S/C19H26F3N3O3/c1-3-27-17(26)14-8-11-25(12-9-14)18(23-2)24-10-13-28-16-7-5-4-6-15(16)19(20,21)22/h4-7,14H,3,8-13H2,1-2H3,(H,23,24). The van der Waals surface area contributed by atoms with Gasteiger partial charge in [0.15, 0.2) is 5.96 Å². The molecule has 28 heavy (non-hydrogen) atoms. The lowest BCUT2D eigenvalue weighted by Gasteiger charge is -2.33. The van der Waals surface area contributed by atoms with Crippen molar-refractivity contribution < 1.29 is 27.4 Å². The topological polar surface area (TPSA) is 63.2 Å². The summed E-state index contributed by atoms with van der Waals surface area (Å²) in [6.45, 7) is 3.83. The van der Waals surface area contributed by atoms with Crippen LogP contribution in [0.1, 0.15) is 25.3 Å². The molecule has 0 aliphatic carbocycles. The van der Waals surface area contributed by atoms with E-state index in [2.05, 4.69) is 10.3 Å². The Morgan fingerprint density at radius 2 is 1.96 bits per heavy atom. The molecule has 1 N–H and O–H groups in total. The normalized spacial score (nSPS) is 16.0. The van der Waals surface area contributed by atoms with E-state index in [0.29, 0.717) is 45.0 Å². The minimum Gasteiger partial charge on any atom is -0.491 e. The number of carbonyl (C=O) groups excluding carboxylic acids is 1. The quantitative estimate of drug-likeness (QED) is 0.344. The zero-order chi connectivity index (χ0) is 20.6. The summed E-state index contributed by atoms with van der Waals surface area (Å²) in [5.74, 6) is 0.176. The van der Waals surface area contributed by atoms with Crippen molar-refractivity contribution in [3.05, 3.63) is 29.8 Å². The lowest BCUT2D eigenvalue weighted by atomic mass is 9.97. The van der Waals surface area contributed by atoms with E-state index in [9.17, 15) is 18.0 Å². The fraction of sp³-hybridized carbons (Fsp3) is 0.579. The second-order valence-electron chi connectivity index (χ2n) is 6.33. The summed E-state index contributed by atoms with van der Waals surface area (Å²) in [4.78, 5) is 18.0. The number of benzene rings is 1. The maximum atomic E-state index is 13.0. The average Bonchev–Trinajstić information content (AvgIpc) is 2.68. The molecule has 1 heterocycles. The van der Waals surface area contributed by atoms with Gasteiger partial charge >= 0.3 is 12.1 Å². The highest BCUT2D eigenvalue weighted by atomic mass is 19.4. The molecule has 0 saturated carbocycles. The van der Waals surface area contributed by atoms with Crippen LogP contribution in [-0.4, -0.2) is 56.7 Å². The van der Waals surface area contributed by atoms with Gasteiger partial charge in [0.25, 0.3) is 0 Å². The van der Waals surface area contributed by atoms with E-state index in [-0.39, 0.29) is 24.2 Å². The largest absolute Gasteiger partial charge is 0.491 e. The number of guanidine groups is 1. The first-order valence-electron chi connectivity index (χ1n) is 9.28. The molecule has 6 nitrogen and oxygen atoms in total. The third-order valence-electron chi connectivity index (χ3n) is 4.46. The van der Waals surface area contributed by atoms with Crippen molar-refractivity contribution >= 4 is 11.9 Å². The van der Waals surface area contributed by atoms with E-state index < -0.39 is 11.7 Å². The summed E-state index contributed by atoms with van der Waals surface area (Å²) in [6.07, 6.45) is -3.10. The number of nitrogens with one attached hydrogen (secondary N) is 1. The molecule has 156 valence electrons. The van der Waals surface area contributed by atoms with Gasteiger partial charge in [-0.3, -0.25) is 9.79 Å². The number of esters is 1. The van der Waals surface area contributed by atoms with E-state index in [1.54, 1.807) is 14.0 Å². The van der Waals surface area contributed by atoms with E-state index in [0.717, 1.165) is 6.07 Å². The summed E-state index contributed by atoms with van der Waals surface area (Å²) < 4.78 is 49.3. The van der Waals surface area contributed by atoms with Crippen LogP contribution in [0.4, 0.5) is 13.2 Å². The van der Waals surface area contributed by atoms with Crippen molar-refractivity contribution in [2.45, 2.75) is 25.9 Å². The van der Waals surface area contributed by atoms with Gasteiger partial charge in [0.05, 0.1) is 24.6 Å². The van der Waals surface area contributed by atoms with Gasteiger partial charge in [-0.25, -0.2) is 0 Å². The summed E-state index contributed by atoms with van der Waals surface area (Å²) in [7, 11) is 1.64. The highest BCUT2D eigenvalue weighted by Gasteiger charge is 2.34. The number of alkyl halides is 3. The van der Waals surface area contributed by atoms with Gasteiger partial charge in [-0.1, -0.05) is 12.1 Å². The minimum absolute atomic E-state index is 0.0609. The molecule has 1 aromatic rings. The van der Waals surface area contributed by atoms with Crippen molar-refractivity contribution in [2.75, 3.05) is 39.9 Å². The smallest absolute Gasteiger partial charge is 0.419 e. The maximum Gasteiger partial charge on any atom is 0.419 e. The monoisotopic (exact) mass is 401 g/mol. The predicted molar refractivity (Wildman–Crippen MR) is 99.2 cm³/mol. The molecule has 9 heteroatoms. The molecule has 0 atom stereocenters. The highest BCUT2D eigenvalue weighted by molar-refractivity contribution is 5.80. The Labute approximate surface area is 162 Å². The highest BCUT2D eigenvalue weighted by Crippen LogP contribution is 2.35. The SMILES string of the molecule is CCOC(=O)C1CCN(C(=NC)NCCOc2ccccc2C(F)(F)F)CC1. The Kier molecular flexibility index (Phi) is 7.95. The number of ether oxygens (including phenoxy) is 2. The molecule has 1 aliphatic rings. The molecule has 1 fully saturated rings. The van der Waals surface area contributed by atoms with Crippen LogP contribution in [-0.2, 0) is 15.7 Å². The fourth-order valence-corrected chi connectivity index (χ4v) is 3.07. The molecule has 0 spiro atoms. The molecule has 1 aliphatic heterocycles. The van der Waals surface area contributed by atoms with Crippen molar-refractivity contribution in [1.82, 2.24) is 10.2 Å². The van der Waals surface area contributed by atoms with E-state index >= 15 is 0 Å². The molecular formula is C19H26F3N3O3. The zero-order valence-corrected chi connectivity index (χ0v) is 16.1. The molecule has 0 bridgehead atoms. The van der Waals surface area contributed by atoms with Gasteiger partial charge in [-0.2, -0.15) is 13.2 Å². The van der Waals surface area contributed by atoms with Crippen LogP contribution in [0.15, 0.2) is 29.3 Å². The lowest BCUT2D eigenvalue weighted by molar-refractivity contribution is -0.149. The first-order valence-corrected chi connectivity index (χ1v) is 9.28. The first-order chi connectivity index (χ1) is 13.4. The van der Waals surface area contributed by atoms with E-state index in [1.807, 2.05) is 4.90 Å². The number of hydrogen-bond acceptors (Lipinski definition) is 4. The molecular weight excluding hydrogens is 375 g/mol. The van der Waals surface area contributed by atoms with E-state index in [1.165, 1.54) is 18.2 Å². The number of nitrogens with zero attached hydrogens (tertiary/aromatic N) is 2. The Bertz CT molecular complexity index is 672. The molecule has 0 aromatic heterocycles. The molecule has 2 rings (SSSR count). The van der Waals surface area contributed by atoms with Crippen molar-refractivity contribution in [1.29, 1.82) is 0 Å². The van der Waals surface area contributed by atoms with Gasteiger partial charge in [-0.05, 0) is 31.9 Å². The third kappa shape index (κ3) is 6.03. The Balaban J connectivity index is 1.79. The Morgan fingerprint density at radius 1 is 1.29 bits per heavy atom. The van der Waals surface area contributed by atoms with Crippen LogP contribution in [0.25, 0.3) is 0 Å². The summed E-state index contributed by atoms with van der Waals surface area (Å²) in [6, 6.07) is 5.13. The van der Waals surface area contributed by atoms with Gasteiger partial charge in [0.2, 0.25) is 0 Å². The summed E-state index contributed by atoms with van der Waals surface area (Å²) in [5.41, 5.74) is -0.791. The number of rotatable bonds is 6. The van der Waals surface area contributed by atoms with Crippen LogP contribution < -0.4 is 10.1 Å².